The minimum Gasteiger partial charge on any atom is -0.368 e. The summed E-state index contributed by atoms with van der Waals surface area (Å²) < 4.78 is 0. The fourth-order valence-electron chi connectivity index (χ4n) is 3.50. The highest BCUT2D eigenvalue weighted by atomic mass is 35.5. The topological polar surface area (TPSA) is 52.7 Å². The van der Waals surface area contributed by atoms with Crippen LogP contribution in [0.3, 0.4) is 0 Å². The average molecular weight is 448 g/mol. The van der Waals surface area contributed by atoms with Gasteiger partial charge in [-0.05, 0) is 35.7 Å². The average Bonchev–Trinajstić information content (AvgIpc) is 2.73. The van der Waals surface area contributed by atoms with Crippen LogP contribution in [0.25, 0.3) is 0 Å². The first-order valence-electron chi connectivity index (χ1n) is 10.0. The minimum atomic E-state index is -0.610. The molecule has 1 aliphatic rings. The second-order valence-electron chi connectivity index (χ2n) is 8.55. The molecule has 0 aromatic heterocycles. The molecule has 0 spiro atoms. The molecule has 1 fully saturated rings. The van der Waals surface area contributed by atoms with Gasteiger partial charge in [0.15, 0.2) is 0 Å². The molecule has 0 bridgehead atoms. The first-order chi connectivity index (χ1) is 14.2. The van der Waals surface area contributed by atoms with Gasteiger partial charge in [-0.2, -0.15) is 0 Å². The van der Waals surface area contributed by atoms with Crippen LogP contribution < -0.4 is 10.2 Å². The number of hydrogen-bond acceptors (Lipinski definition) is 3. The van der Waals surface area contributed by atoms with Crippen LogP contribution >= 0.6 is 23.2 Å². The van der Waals surface area contributed by atoms with Gasteiger partial charge in [-0.1, -0.05) is 62.2 Å². The van der Waals surface area contributed by atoms with Crippen molar-refractivity contribution in [2.24, 2.45) is 5.41 Å². The molecule has 3 rings (SSSR count). The summed E-state index contributed by atoms with van der Waals surface area (Å²) in [5.74, 6) is -0.293. The number of hydrogen-bond donors (Lipinski definition) is 1. The minimum absolute atomic E-state index is 0.0550. The number of anilines is 1. The molecule has 5 nitrogen and oxygen atoms in total. The van der Waals surface area contributed by atoms with Gasteiger partial charge in [-0.25, -0.2) is 0 Å². The fraction of sp³-hybridized carbons (Fsp3) is 0.391. The van der Waals surface area contributed by atoms with Crippen molar-refractivity contribution in [3.05, 3.63) is 64.1 Å². The molecule has 1 heterocycles. The Labute approximate surface area is 187 Å². The van der Waals surface area contributed by atoms with Crippen molar-refractivity contribution in [3.8, 4) is 0 Å². The lowest BCUT2D eigenvalue weighted by Gasteiger charge is -2.40. The molecule has 1 saturated heterocycles. The lowest BCUT2D eigenvalue weighted by molar-refractivity contribution is -0.136. The van der Waals surface area contributed by atoms with Gasteiger partial charge >= 0.3 is 0 Å². The molecule has 30 heavy (non-hydrogen) atoms. The van der Waals surface area contributed by atoms with Crippen LogP contribution in [0.4, 0.5) is 5.69 Å². The maximum absolute atomic E-state index is 13.3. The summed E-state index contributed by atoms with van der Waals surface area (Å²) in [6.07, 6.45) is 0. The van der Waals surface area contributed by atoms with Crippen molar-refractivity contribution in [1.82, 2.24) is 10.2 Å². The van der Waals surface area contributed by atoms with Gasteiger partial charge in [0, 0.05) is 37.4 Å². The molecule has 7 heteroatoms. The van der Waals surface area contributed by atoms with Crippen molar-refractivity contribution < 1.29 is 9.59 Å². The number of rotatable bonds is 4. The van der Waals surface area contributed by atoms with Gasteiger partial charge in [-0.15, -0.1) is 0 Å². The quantitative estimate of drug-likeness (QED) is 0.750. The Morgan fingerprint density at radius 2 is 1.57 bits per heavy atom. The first kappa shape index (κ1) is 22.4. The predicted octanol–water partition coefficient (Wildman–Crippen LogP) is 4.49. The fourth-order valence-corrected chi connectivity index (χ4v) is 3.79. The lowest BCUT2D eigenvalue weighted by Crippen LogP contribution is -2.58. The molecule has 1 aliphatic heterocycles. The molecule has 1 N–H and O–H groups in total. The SMILES string of the molecule is CC(C)(C)[C@@H](NC(=O)c1ccccc1)C(=O)N1CCN(c2ccc(Cl)c(Cl)c2)CC1. The van der Waals surface area contributed by atoms with E-state index in [1.807, 2.05) is 56.0 Å². The first-order valence-corrected chi connectivity index (χ1v) is 10.8. The molecule has 0 radical (unpaired) electrons. The van der Waals surface area contributed by atoms with Gasteiger partial charge in [0.05, 0.1) is 10.0 Å². The summed E-state index contributed by atoms with van der Waals surface area (Å²) >= 11 is 12.1. The monoisotopic (exact) mass is 447 g/mol. The van der Waals surface area contributed by atoms with E-state index in [1.54, 1.807) is 18.2 Å². The van der Waals surface area contributed by atoms with Crippen LogP contribution in [0.2, 0.25) is 10.0 Å². The van der Waals surface area contributed by atoms with Gasteiger partial charge in [0.25, 0.3) is 5.91 Å². The second kappa shape index (κ2) is 9.27. The third-order valence-electron chi connectivity index (χ3n) is 5.28. The normalized spacial score (nSPS) is 15.6. The van der Waals surface area contributed by atoms with Crippen LogP contribution in [0, 0.1) is 5.41 Å². The second-order valence-corrected chi connectivity index (χ2v) is 9.36. The molecular formula is C23H27Cl2N3O2. The van der Waals surface area contributed by atoms with Crippen LogP contribution in [0.15, 0.2) is 48.5 Å². The van der Waals surface area contributed by atoms with E-state index in [4.69, 9.17) is 23.2 Å². The van der Waals surface area contributed by atoms with Crippen LogP contribution in [0.5, 0.6) is 0 Å². The Hall–Kier alpha value is -2.24. The Balaban J connectivity index is 1.67. The highest BCUT2D eigenvalue weighted by Crippen LogP contribution is 2.28. The van der Waals surface area contributed by atoms with Gasteiger partial charge < -0.3 is 15.1 Å². The van der Waals surface area contributed by atoms with E-state index in [-0.39, 0.29) is 11.8 Å². The summed E-state index contributed by atoms with van der Waals surface area (Å²) in [5, 5.41) is 3.99. The lowest BCUT2D eigenvalue weighted by atomic mass is 9.85. The van der Waals surface area contributed by atoms with Crippen molar-refractivity contribution in [1.29, 1.82) is 0 Å². The number of halogens is 2. The van der Waals surface area contributed by atoms with Crippen molar-refractivity contribution in [2.75, 3.05) is 31.1 Å². The van der Waals surface area contributed by atoms with Gasteiger partial charge in [-0.3, -0.25) is 9.59 Å². The van der Waals surface area contributed by atoms with Gasteiger partial charge in [0.2, 0.25) is 5.91 Å². The predicted molar refractivity (Wildman–Crippen MR) is 122 cm³/mol. The third kappa shape index (κ3) is 5.27. The summed E-state index contributed by atoms with van der Waals surface area (Å²) in [5.41, 5.74) is 1.12. The molecular weight excluding hydrogens is 421 g/mol. The number of amides is 2. The van der Waals surface area contributed by atoms with Crippen molar-refractivity contribution in [3.63, 3.8) is 0 Å². The van der Waals surface area contributed by atoms with Crippen LogP contribution in [-0.4, -0.2) is 48.9 Å². The van der Waals surface area contributed by atoms with E-state index in [0.29, 0.717) is 41.8 Å². The Kier molecular flexibility index (Phi) is 6.94. The molecule has 0 saturated carbocycles. The maximum Gasteiger partial charge on any atom is 0.251 e. The summed E-state index contributed by atoms with van der Waals surface area (Å²) in [6, 6.07) is 13.9. The molecule has 2 aromatic carbocycles. The molecule has 2 aromatic rings. The number of carbonyl (C=O) groups excluding carboxylic acids is 2. The number of nitrogens with zero attached hydrogens (tertiary/aromatic N) is 2. The van der Waals surface area contributed by atoms with E-state index in [9.17, 15) is 9.59 Å². The van der Waals surface area contributed by atoms with Gasteiger partial charge in [0.1, 0.15) is 6.04 Å². The van der Waals surface area contributed by atoms with E-state index < -0.39 is 11.5 Å². The summed E-state index contributed by atoms with van der Waals surface area (Å²) in [7, 11) is 0. The molecule has 2 amide bonds. The smallest absolute Gasteiger partial charge is 0.251 e. The van der Waals surface area contributed by atoms with E-state index in [0.717, 1.165) is 5.69 Å². The summed E-state index contributed by atoms with van der Waals surface area (Å²) in [6.45, 7) is 8.42. The molecule has 0 unspecified atom stereocenters. The van der Waals surface area contributed by atoms with E-state index in [1.165, 1.54) is 0 Å². The summed E-state index contributed by atoms with van der Waals surface area (Å²) in [4.78, 5) is 30.0. The van der Waals surface area contributed by atoms with Crippen molar-refractivity contribution in [2.45, 2.75) is 26.8 Å². The van der Waals surface area contributed by atoms with E-state index in [2.05, 4.69) is 10.2 Å². The zero-order valence-electron chi connectivity index (χ0n) is 17.5. The Morgan fingerprint density at radius 3 is 2.13 bits per heavy atom. The molecule has 0 aliphatic carbocycles. The number of piperazine rings is 1. The zero-order chi connectivity index (χ0) is 21.9. The molecule has 1 atom stereocenters. The largest absolute Gasteiger partial charge is 0.368 e. The maximum atomic E-state index is 13.3. The highest BCUT2D eigenvalue weighted by Gasteiger charge is 2.36. The Morgan fingerprint density at radius 1 is 0.933 bits per heavy atom. The Bertz CT molecular complexity index is 904. The zero-order valence-corrected chi connectivity index (χ0v) is 19.0. The standard InChI is InChI=1S/C23H27Cl2N3O2/c1-23(2,3)20(26-21(29)16-7-5-4-6-8-16)22(30)28-13-11-27(12-14-28)17-9-10-18(24)19(25)15-17/h4-10,15,20H,11-14H2,1-3H3,(H,26,29)/t20-/m0/s1. The third-order valence-corrected chi connectivity index (χ3v) is 6.02. The molecule has 160 valence electrons. The number of nitrogens with one attached hydrogen (secondary N) is 1. The van der Waals surface area contributed by atoms with Crippen LogP contribution in [-0.2, 0) is 4.79 Å². The van der Waals surface area contributed by atoms with Crippen LogP contribution in [0.1, 0.15) is 31.1 Å². The number of carbonyl (C=O) groups is 2. The number of benzene rings is 2. The van der Waals surface area contributed by atoms with E-state index >= 15 is 0 Å². The van der Waals surface area contributed by atoms with Crippen molar-refractivity contribution >= 4 is 40.7 Å². The highest BCUT2D eigenvalue weighted by molar-refractivity contribution is 6.42.